The minimum absolute atomic E-state index is 0.0678. The highest BCUT2D eigenvalue weighted by molar-refractivity contribution is 5.78. The Hall–Kier alpha value is -2.57. The first-order valence-corrected chi connectivity index (χ1v) is 11.4. The van der Waals surface area contributed by atoms with Gasteiger partial charge in [0.1, 0.15) is 38.0 Å². The summed E-state index contributed by atoms with van der Waals surface area (Å²) in [5, 5.41) is 3.21. The number of piperazine rings is 1. The topological polar surface area (TPSA) is 50.4 Å². The zero-order valence-corrected chi connectivity index (χ0v) is 19.4. The van der Waals surface area contributed by atoms with E-state index in [0.29, 0.717) is 19.6 Å². The van der Waals surface area contributed by atoms with Crippen LogP contribution in [0.3, 0.4) is 0 Å². The van der Waals surface area contributed by atoms with Gasteiger partial charge in [-0.3, -0.25) is 4.79 Å². The van der Waals surface area contributed by atoms with Crippen LogP contribution >= 0.6 is 0 Å². The van der Waals surface area contributed by atoms with E-state index in [-0.39, 0.29) is 11.9 Å². The molecule has 0 bridgehead atoms. The molecule has 1 saturated heterocycles. The van der Waals surface area contributed by atoms with Gasteiger partial charge in [-0.2, -0.15) is 0 Å². The lowest BCUT2D eigenvalue weighted by atomic mass is 10.0. The number of amides is 1. The first-order valence-electron chi connectivity index (χ1n) is 11.4. The summed E-state index contributed by atoms with van der Waals surface area (Å²) in [6.45, 7) is 7.86. The molecule has 2 aromatic rings. The van der Waals surface area contributed by atoms with Crippen LogP contribution in [0.15, 0.2) is 48.5 Å². The smallest absolute Gasteiger partial charge is 0.224 e. The zero-order chi connectivity index (χ0) is 22.2. The van der Waals surface area contributed by atoms with E-state index in [1.165, 1.54) is 24.3 Å². The average molecular weight is 427 g/mol. The molecule has 31 heavy (non-hydrogen) atoms. The molecule has 0 aromatic heterocycles. The second kappa shape index (κ2) is 11.2. The van der Waals surface area contributed by atoms with Gasteiger partial charge in [0, 0.05) is 25.3 Å². The summed E-state index contributed by atoms with van der Waals surface area (Å²) in [4.78, 5) is 17.9. The van der Waals surface area contributed by atoms with E-state index in [2.05, 4.69) is 55.6 Å². The Labute approximate surface area is 186 Å². The number of hydrogen-bond donors (Lipinski definition) is 3. The molecule has 168 valence electrons. The summed E-state index contributed by atoms with van der Waals surface area (Å²) in [5.41, 5.74) is 3.49. The highest BCUT2D eigenvalue weighted by Crippen LogP contribution is 2.17. The Morgan fingerprint density at radius 1 is 1.03 bits per heavy atom. The van der Waals surface area contributed by atoms with Gasteiger partial charge in [-0.05, 0) is 36.8 Å². The number of rotatable bonds is 9. The molecule has 0 radical (unpaired) electrons. The second-order valence-electron chi connectivity index (χ2n) is 8.71. The molecule has 0 spiro atoms. The first-order chi connectivity index (χ1) is 15.0. The number of carbonyl (C=O) groups excluding carboxylic acids is 1. The van der Waals surface area contributed by atoms with Gasteiger partial charge < -0.3 is 24.8 Å². The van der Waals surface area contributed by atoms with Gasteiger partial charge in [0.05, 0.1) is 26.6 Å². The van der Waals surface area contributed by atoms with E-state index in [4.69, 9.17) is 4.74 Å². The van der Waals surface area contributed by atoms with Crippen molar-refractivity contribution < 1.29 is 19.3 Å². The van der Waals surface area contributed by atoms with E-state index < -0.39 is 0 Å². The van der Waals surface area contributed by atoms with Crippen LogP contribution in [-0.2, 0) is 11.2 Å². The Bertz CT molecular complexity index is 812. The van der Waals surface area contributed by atoms with Crippen LogP contribution in [-0.4, -0.2) is 66.4 Å². The third-order valence-electron chi connectivity index (χ3n) is 6.15. The number of benzene rings is 2. The summed E-state index contributed by atoms with van der Waals surface area (Å²) < 4.78 is 5.48. The minimum atomic E-state index is 0.0678. The maximum absolute atomic E-state index is 12.7. The highest BCUT2D eigenvalue weighted by atomic mass is 16.5. The summed E-state index contributed by atoms with van der Waals surface area (Å²) >= 11 is 0. The minimum Gasteiger partial charge on any atom is -0.494 e. The standard InChI is InChI=1S/C25H36N4O2/c1-5-31-23-12-6-20(7-13-23)18-25(30)26-19-24(29-16-14-28(4)15-17-29)21-8-10-22(11-9-21)27(2)3/h6-13,24H,5,14-19H2,1-4H3,(H,26,30)/p+2/t24-/m0/s1. The Morgan fingerprint density at radius 2 is 1.68 bits per heavy atom. The molecule has 2 aromatic carbocycles. The van der Waals surface area contributed by atoms with E-state index >= 15 is 0 Å². The lowest BCUT2D eigenvalue weighted by Gasteiger charge is -2.33. The van der Waals surface area contributed by atoms with Gasteiger partial charge in [0.15, 0.2) is 0 Å². The Kier molecular flexibility index (Phi) is 8.32. The van der Waals surface area contributed by atoms with Crippen molar-refractivity contribution in [3.8, 4) is 5.75 Å². The molecular formula is C25H38N4O2+2. The number of quaternary nitrogens is 2. The summed E-state index contributed by atoms with van der Waals surface area (Å²) in [5.74, 6) is 0.909. The fourth-order valence-electron chi connectivity index (χ4n) is 4.18. The van der Waals surface area contributed by atoms with E-state index in [1.807, 2.05) is 31.2 Å². The van der Waals surface area contributed by atoms with E-state index in [9.17, 15) is 4.79 Å². The van der Waals surface area contributed by atoms with Crippen LogP contribution in [0.2, 0.25) is 0 Å². The molecule has 1 atom stereocenters. The van der Waals surface area contributed by atoms with Crippen LogP contribution in [0, 0.1) is 0 Å². The second-order valence-corrected chi connectivity index (χ2v) is 8.71. The van der Waals surface area contributed by atoms with Gasteiger partial charge in [-0.25, -0.2) is 0 Å². The van der Waals surface area contributed by atoms with Crippen molar-refractivity contribution >= 4 is 11.6 Å². The van der Waals surface area contributed by atoms with Crippen LogP contribution in [0.25, 0.3) is 0 Å². The predicted molar refractivity (Wildman–Crippen MR) is 125 cm³/mol. The van der Waals surface area contributed by atoms with Gasteiger partial charge in [0.25, 0.3) is 0 Å². The van der Waals surface area contributed by atoms with E-state index in [0.717, 1.165) is 24.4 Å². The fourth-order valence-corrected chi connectivity index (χ4v) is 4.18. The zero-order valence-electron chi connectivity index (χ0n) is 19.4. The first kappa shape index (κ1) is 23.1. The van der Waals surface area contributed by atoms with Gasteiger partial charge in [0.2, 0.25) is 5.91 Å². The van der Waals surface area contributed by atoms with Crippen molar-refractivity contribution in [2.24, 2.45) is 0 Å². The molecule has 1 aliphatic heterocycles. The molecule has 3 rings (SSSR count). The molecule has 6 nitrogen and oxygen atoms in total. The number of nitrogens with one attached hydrogen (secondary N) is 3. The molecule has 0 saturated carbocycles. The summed E-state index contributed by atoms with van der Waals surface area (Å²) in [6, 6.07) is 16.8. The molecule has 0 unspecified atom stereocenters. The van der Waals surface area contributed by atoms with Crippen molar-refractivity contribution in [1.29, 1.82) is 0 Å². The summed E-state index contributed by atoms with van der Waals surface area (Å²) in [7, 11) is 6.38. The Morgan fingerprint density at radius 3 is 2.26 bits per heavy atom. The van der Waals surface area contributed by atoms with Crippen LogP contribution < -0.4 is 24.8 Å². The van der Waals surface area contributed by atoms with Gasteiger partial charge in [-0.1, -0.05) is 24.3 Å². The van der Waals surface area contributed by atoms with Crippen molar-refractivity contribution in [3.05, 3.63) is 59.7 Å². The third kappa shape index (κ3) is 6.71. The largest absolute Gasteiger partial charge is 0.494 e. The van der Waals surface area contributed by atoms with Gasteiger partial charge >= 0.3 is 0 Å². The maximum atomic E-state index is 12.7. The highest BCUT2D eigenvalue weighted by Gasteiger charge is 2.29. The summed E-state index contributed by atoms with van der Waals surface area (Å²) in [6.07, 6.45) is 0.390. The molecule has 1 heterocycles. The number of carbonyl (C=O) groups is 1. The lowest BCUT2D eigenvalue weighted by molar-refractivity contribution is -1.02. The molecule has 6 heteroatoms. The van der Waals surface area contributed by atoms with Crippen LogP contribution in [0.1, 0.15) is 24.1 Å². The number of nitrogens with zero attached hydrogens (tertiary/aromatic N) is 1. The maximum Gasteiger partial charge on any atom is 0.224 e. The van der Waals surface area contributed by atoms with Crippen molar-refractivity contribution in [1.82, 2.24) is 5.32 Å². The quantitative estimate of drug-likeness (QED) is 0.528. The fraction of sp³-hybridized carbons (Fsp3) is 0.480. The molecule has 0 aliphatic carbocycles. The number of hydrogen-bond acceptors (Lipinski definition) is 3. The van der Waals surface area contributed by atoms with Crippen molar-refractivity contribution in [2.75, 3.05) is 65.4 Å². The molecule has 1 amide bonds. The van der Waals surface area contributed by atoms with E-state index in [1.54, 1.807) is 9.80 Å². The SMILES string of the molecule is CCOc1ccc(CC(=O)NC[C@@H](c2ccc(N(C)C)cc2)[NH+]2CC[NH+](C)CC2)cc1. The molecule has 1 fully saturated rings. The number of likely N-dealkylation sites (N-methyl/N-ethyl adjacent to an activating group) is 1. The number of anilines is 1. The normalized spacial score (nSPS) is 19.5. The Balaban J connectivity index is 1.64. The average Bonchev–Trinajstić information content (AvgIpc) is 2.77. The molecule has 3 N–H and O–H groups in total. The van der Waals surface area contributed by atoms with Crippen molar-refractivity contribution in [3.63, 3.8) is 0 Å². The monoisotopic (exact) mass is 426 g/mol. The van der Waals surface area contributed by atoms with Crippen LogP contribution in [0.4, 0.5) is 5.69 Å². The molecular weight excluding hydrogens is 388 g/mol. The molecule has 1 aliphatic rings. The van der Waals surface area contributed by atoms with Crippen molar-refractivity contribution in [2.45, 2.75) is 19.4 Å². The van der Waals surface area contributed by atoms with Gasteiger partial charge in [-0.15, -0.1) is 0 Å². The van der Waals surface area contributed by atoms with Crippen LogP contribution in [0.5, 0.6) is 5.75 Å². The predicted octanol–water partition coefficient (Wildman–Crippen LogP) is -0.0355. The lowest BCUT2D eigenvalue weighted by Crippen LogP contribution is -3.27. The number of ether oxygens (including phenoxy) is 1. The third-order valence-corrected chi connectivity index (χ3v) is 6.15.